The molecule has 0 N–H and O–H groups in total. The molecule has 2 aromatic rings. The van der Waals surface area contributed by atoms with E-state index >= 15 is 0 Å². The summed E-state index contributed by atoms with van der Waals surface area (Å²) in [7, 11) is 1.84. The molecule has 0 radical (unpaired) electrons. The minimum atomic E-state index is -0.0915. The van der Waals surface area contributed by atoms with Crippen LogP contribution in [0.5, 0.6) is 0 Å². The molecule has 3 nitrogen and oxygen atoms in total. The Hall–Kier alpha value is -1.90. The number of hydrogen-bond acceptors (Lipinski definition) is 2. The molecule has 0 bridgehead atoms. The van der Waals surface area contributed by atoms with Crippen LogP contribution < -0.4 is 4.57 Å². The van der Waals surface area contributed by atoms with Gasteiger partial charge in [-0.15, -0.1) is 0 Å². The Morgan fingerprint density at radius 1 is 1.40 bits per heavy atom. The van der Waals surface area contributed by atoms with Gasteiger partial charge in [-0.05, 0) is 24.6 Å². The summed E-state index contributed by atoms with van der Waals surface area (Å²) in [6, 6.07) is 7.19. The van der Waals surface area contributed by atoms with E-state index in [1.54, 1.807) is 16.7 Å². The summed E-state index contributed by atoms with van der Waals surface area (Å²) in [5.41, 5.74) is 1.69. The van der Waals surface area contributed by atoms with Crippen LogP contribution in [0.15, 0.2) is 41.1 Å². The maximum Gasteiger partial charge on any atom is 0.291 e. The van der Waals surface area contributed by atoms with Crippen LogP contribution in [0.2, 0.25) is 0 Å². The summed E-state index contributed by atoms with van der Waals surface area (Å²) < 4.78 is 6.87. The number of nitrogens with zero attached hydrogens (tertiary/aromatic N) is 1. The van der Waals surface area contributed by atoms with Crippen molar-refractivity contribution in [2.24, 2.45) is 7.05 Å². The fourth-order valence-electron chi connectivity index (χ4n) is 1.43. The van der Waals surface area contributed by atoms with E-state index < -0.39 is 0 Å². The second-order valence-corrected chi connectivity index (χ2v) is 3.51. The first kappa shape index (κ1) is 9.65. The molecule has 2 rings (SSSR count). The molecule has 2 aromatic heterocycles. The topological polar surface area (TPSA) is 34.1 Å². The summed E-state index contributed by atoms with van der Waals surface area (Å²) in [6.45, 7) is 1.96. The van der Waals surface area contributed by atoms with Gasteiger partial charge in [-0.3, -0.25) is 4.79 Å². The lowest BCUT2D eigenvalue weighted by atomic mass is 10.1. The van der Waals surface area contributed by atoms with Crippen LogP contribution in [0.4, 0.5) is 0 Å². The monoisotopic (exact) mass is 202 g/mol. The number of ketones is 1. The van der Waals surface area contributed by atoms with Gasteiger partial charge in [0, 0.05) is 12.1 Å². The first-order chi connectivity index (χ1) is 7.18. The smallest absolute Gasteiger partial charge is 0.291 e. The van der Waals surface area contributed by atoms with Crippen molar-refractivity contribution in [1.29, 1.82) is 0 Å². The maximum absolute atomic E-state index is 12.0. The van der Waals surface area contributed by atoms with E-state index in [2.05, 4.69) is 0 Å². The second-order valence-electron chi connectivity index (χ2n) is 3.51. The van der Waals surface area contributed by atoms with Gasteiger partial charge < -0.3 is 4.42 Å². The normalized spacial score (nSPS) is 10.3. The van der Waals surface area contributed by atoms with Crippen molar-refractivity contribution in [1.82, 2.24) is 0 Å². The molecule has 0 unspecified atom stereocenters. The van der Waals surface area contributed by atoms with E-state index in [0.717, 1.165) is 5.56 Å². The summed E-state index contributed by atoms with van der Waals surface area (Å²) in [6.07, 6.45) is 3.37. The van der Waals surface area contributed by atoms with E-state index in [4.69, 9.17) is 4.42 Å². The van der Waals surface area contributed by atoms with Gasteiger partial charge in [0.1, 0.15) is 7.05 Å². The van der Waals surface area contributed by atoms with Gasteiger partial charge in [0.25, 0.3) is 11.5 Å². The summed E-state index contributed by atoms with van der Waals surface area (Å²) in [5, 5.41) is 0. The Balaban J connectivity index is 2.46. The van der Waals surface area contributed by atoms with Gasteiger partial charge in [0.05, 0.1) is 6.26 Å². The maximum atomic E-state index is 12.0. The average Bonchev–Trinajstić information content (AvgIpc) is 2.74. The minimum absolute atomic E-state index is 0.0915. The highest BCUT2D eigenvalue weighted by atomic mass is 16.3. The largest absolute Gasteiger partial charge is 0.461 e. The lowest BCUT2D eigenvalue weighted by Crippen LogP contribution is -2.35. The van der Waals surface area contributed by atoms with Crippen molar-refractivity contribution in [3.63, 3.8) is 0 Å². The van der Waals surface area contributed by atoms with Crippen LogP contribution in [-0.2, 0) is 7.05 Å². The Kier molecular flexibility index (Phi) is 2.37. The molecule has 0 fully saturated rings. The van der Waals surface area contributed by atoms with Crippen LogP contribution in [0.1, 0.15) is 21.8 Å². The van der Waals surface area contributed by atoms with E-state index in [1.807, 2.05) is 32.3 Å². The number of pyridine rings is 1. The molecule has 0 aliphatic rings. The quantitative estimate of drug-likeness (QED) is 0.548. The third-order valence-corrected chi connectivity index (χ3v) is 2.28. The molecule has 0 saturated heterocycles. The number of aryl methyl sites for hydroxylation is 2. The van der Waals surface area contributed by atoms with E-state index in [9.17, 15) is 4.79 Å². The third kappa shape index (κ3) is 1.81. The van der Waals surface area contributed by atoms with E-state index in [-0.39, 0.29) is 5.78 Å². The molecule has 0 aliphatic carbocycles. The zero-order valence-corrected chi connectivity index (χ0v) is 8.73. The SMILES string of the molecule is Cc1cc[n+](C)c(C(=O)c2ccco2)c1. The molecule has 15 heavy (non-hydrogen) atoms. The average molecular weight is 202 g/mol. The van der Waals surface area contributed by atoms with Crippen molar-refractivity contribution in [3.05, 3.63) is 53.7 Å². The number of carbonyl (C=O) groups is 1. The Morgan fingerprint density at radius 2 is 2.20 bits per heavy atom. The molecule has 2 heterocycles. The fourth-order valence-corrected chi connectivity index (χ4v) is 1.43. The number of furan rings is 1. The highest BCUT2D eigenvalue weighted by Crippen LogP contribution is 2.08. The highest BCUT2D eigenvalue weighted by Gasteiger charge is 2.20. The molecule has 0 saturated carbocycles. The predicted molar refractivity (Wildman–Crippen MR) is 54.5 cm³/mol. The van der Waals surface area contributed by atoms with E-state index in [1.165, 1.54) is 6.26 Å². The van der Waals surface area contributed by atoms with Gasteiger partial charge in [-0.25, -0.2) is 0 Å². The fraction of sp³-hybridized carbons (Fsp3) is 0.167. The zero-order chi connectivity index (χ0) is 10.8. The minimum Gasteiger partial charge on any atom is -0.461 e. The molecule has 76 valence electrons. The first-order valence-electron chi connectivity index (χ1n) is 4.73. The third-order valence-electron chi connectivity index (χ3n) is 2.28. The molecule has 0 amide bonds. The molecule has 0 atom stereocenters. The van der Waals surface area contributed by atoms with Gasteiger partial charge in [-0.2, -0.15) is 4.57 Å². The number of rotatable bonds is 2. The number of carbonyl (C=O) groups excluding carboxylic acids is 1. The lowest BCUT2D eigenvalue weighted by molar-refractivity contribution is -0.673. The molecular formula is C12H12NO2+. The Morgan fingerprint density at radius 3 is 2.87 bits per heavy atom. The van der Waals surface area contributed by atoms with E-state index in [0.29, 0.717) is 11.5 Å². The molecular weight excluding hydrogens is 190 g/mol. The van der Waals surface area contributed by atoms with Crippen molar-refractivity contribution < 1.29 is 13.8 Å². The first-order valence-corrected chi connectivity index (χ1v) is 4.73. The van der Waals surface area contributed by atoms with Crippen molar-refractivity contribution >= 4 is 5.78 Å². The Bertz CT molecular complexity index is 486. The lowest BCUT2D eigenvalue weighted by Gasteiger charge is -1.97. The van der Waals surface area contributed by atoms with Crippen molar-refractivity contribution in [2.75, 3.05) is 0 Å². The van der Waals surface area contributed by atoms with Crippen molar-refractivity contribution in [2.45, 2.75) is 6.92 Å². The molecule has 0 aromatic carbocycles. The van der Waals surface area contributed by atoms with Crippen LogP contribution in [0.3, 0.4) is 0 Å². The summed E-state index contributed by atoms with van der Waals surface area (Å²) in [4.78, 5) is 12.0. The van der Waals surface area contributed by atoms with Crippen molar-refractivity contribution in [3.8, 4) is 0 Å². The van der Waals surface area contributed by atoms with Gasteiger partial charge >= 0.3 is 0 Å². The number of hydrogen-bond donors (Lipinski definition) is 0. The Labute approximate surface area is 88.0 Å². The number of aromatic nitrogens is 1. The zero-order valence-electron chi connectivity index (χ0n) is 8.73. The van der Waals surface area contributed by atoms with Gasteiger partial charge in [0.15, 0.2) is 12.0 Å². The molecule has 0 spiro atoms. The standard InChI is InChI=1S/C12H12NO2/c1-9-5-6-13(2)10(8-9)12(14)11-4-3-7-15-11/h3-8H,1-2H3/q+1. The molecule has 3 heteroatoms. The highest BCUT2D eigenvalue weighted by molar-refractivity contribution is 6.04. The van der Waals surface area contributed by atoms with Crippen LogP contribution in [-0.4, -0.2) is 5.78 Å². The second kappa shape index (κ2) is 3.69. The van der Waals surface area contributed by atoms with Crippen LogP contribution >= 0.6 is 0 Å². The van der Waals surface area contributed by atoms with Crippen LogP contribution in [0, 0.1) is 6.92 Å². The molecule has 0 aliphatic heterocycles. The summed E-state index contributed by atoms with van der Waals surface area (Å²) in [5.74, 6) is 0.280. The van der Waals surface area contributed by atoms with Gasteiger partial charge in [-0.1, -0.05) is 0 Å². The van der Waals surface area contributed by atoms with Gasteiger partial charge in [0.2, 0.25) is 0 Å². The predicted octanol–water partition coefficient (Wildman–Crippen LogP) is 1.64. The summed E-state index contributed by atoms with van der Waals surface area (Å²) >= 11 is 0. The van der Waals surface area contributed by atoms with Crippen LogP contribution in [0.25, 0.3) is 0 Å².